The second-order valence-corrected chi connectivity index (χ2v) is 6.99. The maximum atomic E-state index is 12.2. The lowest BCUT2D eigenvalue weighted by atomic mass is 9.53. The van der Waals surface area contributed by atoms with Crippen LogP contribution in [-0.2, 0) is 4.79 Å². The van der Waals surface area contributed by atoms with E-state index in [9.17, 15) is 9.90 Å². The molecule has 0 heterocycles. The van der Waals surface area contributed by atoms with Crippen molar-refractivity contribution >= 4 is 5.97 Å². The number of fused-ring (bicyclic) bond motifs is 1. The van der Waals surface area contributed by atoms with Crippen molar-refractivity contribution in [2.24, 2.45) is 5.92 Å². The molecule has 0 spiro atoms. The fourth-order valence-electron chi connectivity index (χ4n) is 5.04. The minimum Gasteiger partial charge on any atom is -0.550 e. The molecule has 122 valence electrons. The van der Waals surface area contributed by atoms with E-state index in [-0.39, 0.29) is 17.8 Å². The summed E-state index contributed by atoms with van der Waals surface area (Å²) in [5.41, 5.74) is 5.89. The van der Waals surface area contributed by atoms with Crippen molar-refractivity contribution in [1.29, 1.82) is 0 Å². The van der Waals surface area contributed by atoms with Crippen LogP contribution in [0.25, 0.3) is 0 Å². The maximum Gasteiger partial charge on any atom is 0.0461 e. The van der Waals surface area contributed by atoms with Gasteiger partial charge in [-0.2, -0.15) is 0 Å². The predicted octanol–water partition coefficient (Wildman–Crippen LogP) is 3.43. The quantitative estimate of drug-likeness (QED) is 0.724. The zero-order valence-corrected chi connectivity index (χ0v) is 13.6. The molecular weight excluding hydrogens is 308 g/mol. The molecule has 3 aromatic rings. The minimum absolute atomic E-state index is 0.0581. The normalized spacial score (nSPS) is 25.9. The number of aliphatic carboxylic acids is 1. The van der Waals surface area contributed by atoms with Gasteiger partial charge in [0.25, 0.3) is 0 Å². The van der Waals surface area contributed by atoms with E-state index in [1.54, 1.807) is 0 Å². The fraction of sp³-hybridized carbons (Fsp3) is 0.174. The van der Waals surface area contributed by atoms with Gasteiger partial charge in [-0.3, -0.25) is 0 Å². The highest BCUT2D eigenvalue weighted by molar-refractivity contribution is 5.76. The molecule has 0 aliphatic heterocycles. The molecule has 0 unspecified atom stereocenters. The number of carbonyl (C=O) groups is 1. The van der Waals surface area contributed by atoms with Crippen molar-refractivity contribution in [2.45, 2.75) is 17.8 Å². The summed E-state index contributed by atoms with van der Waals surface area (Å²) in [5, 5.41) is 12.2. The van der Waals surface area contributed by atoms with E-state index in [2.05, 4.69) is 36.4 Å². The lowest BCUT2D eigenvalue weighted by molar-refractivity contribution is -0.313. The first-order valence-electron chi connectivity index (χ1n) is 8.71. The highest BCUT2D eigenvalue weighted by Crippen LogP contribution is 2.61. The fourth-order valence-corrected chi connectivity index (χ4v) is 5.04. The third-order valence-electron chi connectivity index (χ3n) is 5.89. The van der Waals surface area contributed by atoms with Crippen molar-refractivity contribution in [3.8, 4) is 0 Å². The molecule has 0 N–H and O–H groups in total. The van der Waals surface area contributed by atoms with Crippen LogP contribution < -0.4 is 5.11 Å². The third-order valence-corrected chi connectivity index (χ3v) is 5.89. The smallest absolute Gasteiger partial charge is 0.0461 e. The molecule has 0 amide bonds. The van der Waals surface area contributed by atoms with E-state index in [0.717, 1.165) is 16.7 Å². The van der Waals surface area contributed by atoms with Gasteiger partial charge in [-0.15, -0.1) is 0 Å². The van der Waals surface area contributed by atoms with Gasteiger partial charge in [0.15, 0.2) is 0 Å². The van der Waals surface area contributed by atoms with Crippen molar-refractivity contribution in [3.63, 3.8) is 0 Å². The molecule has 6 rings (SSSR count). The molecule has 3 aliphatic rings. The molecule has 0 aromatic heterocycles. The van der Waals surface area contributed by atoms with Gasteiger partial charge < -0.3 is 9.90 Å². The summed E-state index contributed by atoms with van der Waals surface area (Å²) in [6.07, 6.45) is 0. The summed E-state index contributed by atoms with van der Waals surface area (Å²) in [6, 6.07) is 26.6. The van der Waals surface area contributed by atoms with Crippen LogP contribution in [-0.4, -0.2) is 5.97 Å². The van der Waals surface area contributed by atoms with Crippen LogP contribution in [0.5, 0.6) is 0 Å². The standard InChI is InChI=1S/C23H18O2/c24-23(25)22-19(14-8-2-1-3-9-14)20-15-10-4-6-12-17(15)21(22)18-13-7-5-11-16(18)20/h1-13,19-22H,(H,24,25)/p-1/t19-,20?,21?,22+/m1/s1. The molecule has 0 radical (unpaired) electrons. The van der Waals surface area contributed by atoms with E-state index in [0.29, 0.717) is 0 Å². The number of carbonyl (C=O) groups excluding carboxylic acids is 1. The Morgan fingerprint density at radius 1 is 0.640 bits per heavy atom. The zero-order chi connectivity index (χ0) is 17.0. The monoisotopic (exact) mass is 325 g/mol. The van der Waals surface area contributed by atoms with Crippen molar-refractivity contribution in [1.82, 2.24) is 0 Å². The van der Waals surface area contributed by atoms with Gasteiger partial charge in [0.2, 0.25) is 0 Å². The zero-order valence-electron chi connectivity index (χ0n) is 13.6. The Morgan fingerprint density at radius 2 is 1.08 bits per heavy atom. The van der Waals surface area contributed by atoms with E-state index >= 15 is 0 Å². The highest BCUT2D eigenvalue weighted by Gasteiger charge is 2.50. The molecule has 2 heteroatoms. The lowest BCUT2D eigenvalue weighted by Crippen LogP contribution is -2.47. The van der Waals surface area contributed by atoms with Crippen LogP contribution in [0.3, 0.4) is 0 Å². The molecule has 2 atom stereocenters. The first kappa shape index (κ1) is 14.5. The summed E-state index contributed by atoms with van der Waals surface area (Å²) in [4.78, 5) is 12.2. The molecule has 3 aromatic carbocycles. The second-order valence-electron chi connectivity index (χ2n) is 6.99. The van der Waals surface area contributed by atoms with Gasteiger partial charge in [-0.05, 0) is 27.8 Å². The van der Waals surface area contributed by atoms with Gasteiger partial charge >= 0.3 is 0 Å². The Labute approximate surface area is 146 Å². The topological polar surface area (TPSA) is 40.1 Å². The summed E-state index contributed by atoms with van der Waals surface area (Å²) in [6.45, 7) is 0. The van der Waals surface area contributed by atoms with Crippen LogP contribution in [0.1, 0.15) is 45.6 Å². The molecule has 3 aliphatic carbocycles. The van der Waals surface area contributed by atoms with Crippen LogP contribution >= 0.6 is 0 Å². The number of carboxylic acids is 1. The lowest BCUT2D eigenvalue weighted by Gasteiger charge is -2.51. The van der Waals surface area contributed by atoms with Gasteiger partial charge in [0.05, 0.1) is 0 Å². The summed E-state index contributed by atoms with van der Waals surface area (Å²) >= 11 is 0. The van der Waals surface area contributed by atoms with Gasteiger partial charge in [-0.1, -0.05) is 78.9 Å². The van der Waals surface area contributed by atoms with Crippen molar-refractivity contribution in [3.05, 3.63) is 107 Å². The van der Waals surface area contributed by atoms with E-state index in [1.807, 2.05) is 42.5 Å². The third kappa shape index (κ3) is 1.94. The molecular formula is C23H17O2-. The van der Waals surface area contributed by atoms with Gasteiger partial charge in [0.1, 0.15) is 0 Å². The van der Waals surface area contributed by atoms with E-state index in [1.165, 1.54) is 11.1 Å². The number of benzene rings is 3. The Balaban J connectivity index is 1.83. The van der Waals surface area contributed by atoms with Crippen molar-refractivity contribution in [2.75, 3.05) is 0 Å². The first-order chi connectivity index (χ1) is 12.3. The molecule has 2 bridgehead atoms. The molecule has 25 heavy (non-hydrogen) atoms. The van der Waals surface area contributed by atoms with Crippen LogP contribution in [0, 0.1) is 5.92 Å². The minimum atomic E-state index is -0.951. The number of carboxylic acid groups (broad SMARTS) is 1. The van der Waals surface area contributed by atoms with Gasteiger partial charge in [0, 0.05) is 29.6 Å². The maximum absolute atomic E-state index is 12.2. The molecule has 2 nitrogen and oxygen atoms in total. The average molecular weight is 325 g/mol. The largest absolute Gasteiger partial charge is 0.550 e. The first-order valence-corrected chi connectivity index (χ1v) is 8.71. The van der Waals surface area contributed by atoms with Crippen LogP contribution in [0.2, 0.25) is 0 Å². The van der Waals surface area contributed by atoms with Crippen LogP contribution in [0.15, 0.2) is 78.9 Å². The predicted molar refractivity (Wildman–Crippen MR) is 94.3 cm³/mol. The van der Waals surface area contributed by atoms with Gasteiger partial charge in [-0.25, -0.2) is 0 Å². The second kappa shape index (κ2) is 5.32. The van der Waals surface area contributed by atoms with E-state index in [4.69, 9.17) is 0 Å². The molecule has 0 saturated carbocycles. The summed E-state index contributed by atoms with van der Waals surface area (Å²) in [7, 11) is 0. The van der Waals surface area contributed by atoms with Crippen LogP contribution in [0.4, 0.5) is 0 Å². The number of hydrogen-bond acceptors (Lipinski definition) is 2. The Morgan fingerprint density at radius 3 is 1.56 bits per heavy atom. The Hall–Kier alpha value is -2.87. The highest BCUT2D eigenvalue weighted by atomic mass is 16.4. The summed E-state index contributed by atoms with van der Waals surface area (Å²) < 4.78 is 0. The summed E-state index contributed by atoms with van der Waals surface area (Å²) in [5.74, 6) is -1.68. The molecule has 0 saturated heterocycles. The number of hydrogen-bond donors (Lipinski definition) is 0. The number of rotatable bonds is 2. The Bertz CT molecular complexity index is 913. The van der Waals surface area contributed by atoms with E-state index < -0.39 is 11.9 Å². The average Bonchev–Trinajstić information content (AvgIpc) is 2.68. The molecule has 0 fully saturated rings. The Kier molecular flexibility index (Phi) is 3.08. The van der Waals surface area contributed by atoms with Crippen molar-refractivity contribution < 1.29 is 9.90 Å². The SMILES string of the molecule is O=C([O-])[C@@H]1C2c3ccccc3C(c3ccccc32)[C@H]1c1ccccc1.